The molecular formula is C20H17ClN2OS2. The largest absolute Gasteiger partial charge is 0.347 e. The number of anilines is 2. The smallest absolute Gasteiger partial charge is 0.261 e. The quantitative estimate of drug-likeness (QED) is 0.620. The van der Waals surface area contributed by atoms with Gasteiger partial charge < -0.3 is 10.2 Å². The molecule has 2 aromatic carbocycles. The van der Waals surface area contributed by atoms with Gasteiger partial charge in [0.2, 0.25) is 0 Å². The van der Waals surface area contributed by atoms with Crippen LogP contribution in [0.3, 0.4) is 0 Å². The maximum atomic E-state index is 12.5. The molecule has 6 heteroatoms. The number of benzene rings is 2. The number of thiophene rings is 1. The lowest BCUT2D eigenvalue weighted by Crippen LogP contribution is -2.23. The van der Waals surface area contributed by atoms with Gasteiger partial charge in [-0.15, -0.1) is 23.1 Å². The van der Waals surface area contributed by atoms with Crippen LogP contribution in [0.5, 0.6) is 0 Å². The summed E-state index contributed by atoms with van der Waals surface area (Å²) in [5, 5.41) is 4.72. The summed E-state index contributed by atoms with van der Waals surface area (Å²) in [7, 11) is 0. The zero-order valence-electron chi connectivity index (χ0n) is 13.9. The number of rotatable bonds is 4. The summed E-state index contributed by atoms with van der Waals surface area (Å²) in [6.45, 7) is 1.37. The van der Waals surface area contributed by atoms with Crippen molar-refractivity contribution < 1.29 is 4.79 Å². The normalized spacial score (nSPS) is 13.3. The van der Waals surface area contributed by atoms with Crippen LogP contribution in [-0.4, -0.2) is 18.2 Å². The van der Waals surface area contributed by atoms with E-state index in [0.29, 0.717) is 16.4 Å². The van der Waals surface area contributed by atoms with Crippen LogP contribution in [0.25, 0.3) is 0 Å². The van der Waals surface area contributed by atoms with Gasteiger partial charge in [0.15, 0.2) is 0 Å². The molecule has 0 atom stereocenters. The Labute approximate surface area is 166 Å². The Bertz CT molecular complexity index is 941. The molecule has 0 aliphatic carbocycles. The van der Waals surface area contributed by atoms with Gasteiger partial charge in [0, 0.05) is 28.8 Å². The standard InChI is InChI=1S/C20H17ClN2OS2/c21-15-6-2-1-5-14(15)13-22-20(24)18-9-10-19(26-18)23-11-12-25-17-8-4-3-7-16(17)23/h1-10H,11-13H2,(H,22,24). The predicted octanol–water partition coefficient (Wildman–Crippen LogP) is 5.58. The molecule has 26 heavy (non-hydrogen) atoms. The molecule has 0 radical (unpaired) electrons. The van der Waals surface area contributed by atoms with Crippen LogP contribution in [0.1, 0.15) is 15.2 Å². The Morgan fingerprint density at radius 1 is 1.08 bits per heavy atom. The van der Waals surface area contributed by atoms with E-state index in [-0.39, 0.29) is 5.91 Å². The van der Waals surface area contributed by atoms with Crippen LogP contribution in [0.15, 0.2) is 65.6 Å². The highest BCUT2D eigenvalue weighted by atomic mass is 35.5. The van der Waals surface area contributed by atoms with Gasteiger partial charge in [-0.25, -0.2) is 0 Å². The highest BCUT2D eigenvalue weighted by Crippen LogP contribution is 2.41. The number of thioether (sulfide) groups is 1. The van der Waals surface area contributed by atoms with Crippen LogP contribution in [0, 0.1) is 0 Å². The third-order valence-corrected chi connectivity index (χ3v) is 6.73. The van der Waals surface area contributed by atoms with Crippen LogP contribution in [0.4, 0.5) is 10.7 Å². The lowest BCUT2D eigenvalue weighted by molar-refractivity contribution is 0.0955. The fourth-order valence-electron chi connectivity index (χ4n) is 2.90. The Morgan fingerprint density at radius 3 is 2.77 bits per heavy atom. The van der Waals surface area contributed by atoms with E-state index in [1.807, 2.05) is 48.2 Å². The summed E-state index contributed by atoms with van der Waals surface area (Å²) in [4.78, 5) is 16.8. The minimum absolute atomic E-state index is 0.0687. The molecule has 0 saturated carbocycles. The van der Waals surface area contributed by atoms with E-state index in [0.717, 1.165) is 22.9 Å². The van der Waals surface area contributed by atoms with Crippen LogP contribution < -0.4 is 10.2 Å². The summed E-state index contributed by atoms with van der Waals surface area (Å²) in [6.07, 6.45) is 0. The fourth-order valence-corrected chi connectivity index (χ4v) is 5.06. The van der Waals surface area contributed by atoms with Gasteiger partial charge >= 0.3 is 0 Å². The van der Waals surface area contributed by atoms with Crippen molar-refractivity contribution in [1.82, 2.24) is 5.32 Å². The number of fused-ring (bicyclic) bond motifs is 1. The number of halogens is 1. The van der Waals surface area contributed by atoms with Crippen molar-refractivity contribution in [1.29, 1.82) is 0 Å². The van der Waals surface area contributed by atoms with Gasteiger partial charge in [-0.2, -0.15) is 0 Å². The first kappa shape index (κ1) is 17.5. The number of nitrogens with one attached hydrogen (secondary N) is 1. The maximum Gasteiger partial charge on any atom is 0.261 e. The van der Waals surface area contributed by atoms with Crippen molar-refractivity contribution in [3.05, 3.63) is 76.1 Å². The maximum absolute atomic E-state index is 12.5. The second-order valence-corrected chi connectivity index (χ2v) is 8.49. The number of carbonyl (C=O) groups is 1. The topological polar surface area (TPSA) is 32.3 Å². The van der Waals surface area contributed by atoms with E-state index in [9.17, 15) is 4.79 Å². The summed E-state index contributed by atoms with van der Waals surface area (Å²) < 4.78 is 0. The first-order valence-electron chi connectivity index (χ1n) is 8.33. The van der Waals surface area contributed by atoms with Crippen molar-refractivity contribution in [3.63, 3.8) is 0 Å². The van der Waals surface area contributed by atoms with Crippen molar-refractivity contribution in [2.45, 2.75) is 11.4 Å². The fraction of sp³-hybridized carbons (Fsp3) is 0.150. The van der Waals surface area contributed by atoms with Gasteiger partial charge in [-0.1, -0.05) is 41.9 Å². The van der Waals surface area contributed by atoms with E-state index in [2.05, 4.69) is 34.5 Å². The van der Waals surface area contributed by atoms with Crippen molar-refractivity contribution in [3.8, 4) is 0 Å². The van der Waals surface area contributed by atoms with Crippen LogP contribution in [-0.2, 0) is 6.54 Å². The minimum atomic E-state index is -0.0687. The number of hydrogen-bond donors (Lipinski definition) is 1. The average molecular weight is 401 g/mol. The predicted molar refractivity (Wildman–Crippen MR) is 111 cm³/mol. The van der Waals surface area contributed by atoms with E-state index < -0.39 is 0 Å². The van der Waals surface area contributed by atoms with Gasteiger partial charge in [-0.3, -0.25) is 4.79 Å². The summed E-state index contributed by atoms with van der Waals surface area (Å²) in [5.74, 6) is 0.976. The Morgan fingerprint density at radius 2 is 1.88 bits per heavy atom. The Hall–Kier alpha value is -1.95. The summed E-state index contributed by atoms with van der Waals surface area (Å²) >= 11 is 9.55. The molecule has 1 aliphatic rings. The molecule has 1 amide bonds. The number of carbonyl (C=O) groups excluding carboxylic acids is 1. The van der Waals surface area contributed by atoms with Crippen LogP contribution in [0.2, 0.25) is 5.02 Å². The van der Waals surface area contributed by atoms with E-state index in [1.165, 1.54) is 21.9 Å². The molecule has 0 saturated heterocycles. The van der Waals surface area contributed by atoms with Crippen molar-refractivity contribution in [2.75, 3.05) is 17.2 Å². The lowest BCUT2D eigenvalue weighted by atomic mass is 10.2. The lowest BCUT2D eigenvalue weighted by Gasteiger charge is -2.29. The number of nitrogens with zero attached hydrogens (tertiary/aromatic N) is 1. The molecule has 0 spiro atoms. The molecule has 2 heterocycles. The zero-order chi connectivity index (χ0) is 17.9. The highest BCUT2D eigenvalue weighted by molar-refractivity contribution is 7.99. The van der Waals surface area contributed by atoms with Gasteiger partial charge in [0.1, 0.15) is 0 Å². The van der Waals surface area contributed by atoms with E-state index in [4.69, 9.17) is 11.6 Å². The minimum Gasteiger partial charge on any atom is -0.347 e. The van der Waals surface area contributed by atoms with Crippen molar-refractivity contribution >= 4 is 51.3 Å². The second-order valence-electron chi connectivity index (χ2n) is 5.88. The Balaban J connectivity index is 1.48. The monoisotopic (exact) mass is 400 g/mol. The second kappa shape index (κ2) is 7.74. The van der Waals surface area contributed by atoms with Crippen molar-refractivity contribution in [2.24, 2.45) is 0 Å². The van der Waals surface area contributed by atoms with Gasteiger partial charge in [-0.05, 0) is 35.9 Å². The molecule has 3 nitrogen and oxygen atoms in total. The van der Waals surface area contributed by atoms with E-state index >= 15 is 0 Å². The van der Waals surface area contributed by atoms with Crippen LogP contribution >= 0.6 is 34.7 Å². The SMILES string of the molecule is O=C(NCc1ccccc1Cl)c1ccc(N2CCSc3ccccc32)s1. The number of amides is 1. The van der Waals surface area contributed by atoms with Gasteiger partial charge in [0.25, 0.3) is 5.91 Å². The molecule has 0 unspecified atom stereocenters. The molecule has 132 valence electrons. The third kappa shape index (κ3) is 3.61. The summed E-state index contributed by atoms with van der Waals surface area (Å²) in [6, 6.07) is 19.9. The van der Waals surface area contributed by atoms with E-state index in [1.54, 1.807) is 0 Å². The first-order chi connectivity index (χ1) is 12.7. The molecule has 4 rings (SSSR count). The summed E-state index contributed by atoms with van der Waals surface area (Å²) in [5.41, 5.74) is 2.13. The molecule has 0 bridgehead atoms. The average Bonchev–Trinajstić information content (AvgIpc) is 3.17. The molecule has 0 fully saturated rings. The molecule has 3 aromatic rings. The third-order valence-electron chi connectivity index (χ3n) is 4.21. The zero-order valence-corrected chi connectivity index (χ0v) is 16.3. The highest BCUT2D eigenvalue weighted by Gasteiger charge is 2.20. The molecular weight excluding hydrogens is 384 g/mol. The number of para-hydroxylation sites is 1. The van der Waals surface area contributed by atoms with Gasteiger partial charge in [0.05, 0.1) is 15.6 Å². The first-order valence-corrected chi connectivity index (χ1v) is 10.5. The number of hydrogen-bond acceptors (Lipinski definition) is 4. The molecule has 1 aromatic heterocycles. The molecule has 1 N–H and O–H groups in total. The molecule has 1 aliphatic heterocycles. The Kier molecular flexibility index (Phi) is 5.20.